The molecular weight excluding hydrogens is 327 g/mol. The number of ether oxygens (including phenoxy) is 1. The third-order valence-corrected chi connectivity index (χ3v) is 5.70. The molecule has 0 atom stereocenters. The largest absolute Gasteiger partial charge is 0.494 e. The quantitative estimate of drug-likeness (QED) is 0.842. The van der Waals surface area contributed by atoms with Gasteiger partial charge in [0.15, 0.2) is 0 Å². The van der Waals surface area contributed by atoms with Gasteiger partial charge in [-0.05, 0) is 57.3 Å². The molecular formula is C20H25BN2O3. The van der Waals surface area contributed by atoms with Gasteiger partial charge in [0.05, 0.1) is 29.9 Å². The summed E-state index contributed by atoms with van der Waals surface area (Å²) in [6.07, 6.45) is 2.94. The van der Waals surface area contributed by atoms with E-state index in [1.54, 1.807) is 0 Å². The van der Waals surface area contributed by atoms with Crippen molar-refractivity contribution in [3.63, 3.8) is 0 Å². The molecule has 2 aliphatic rings. The Labute approximate surface area is 154 Å². The predicted molar refractivity (Wildman–Crippen MR) is 105 cm³/mol. The average Bonchev–Trinajstić information content (AvgIpc) is 2.82. The third kappa shape index (κ3) is 2.92. The van der Waals surface area contributed by atoms with Gasteiger partial charge in [-0.1, -0.05) is 18.2 Å². The number of hydrogen-bond donors (Lipinski definition) is 1. The van der Waals surface area contributed by atoms with Crippen LogP contribution in [0.4, 0.5) is 5.82 Å². The Kier molecular flexibility index (Phi) is 4.10. The number of fused-ring (bicyclic) bond motifs is 1. The predicted octanol–water partition coefficient (Wildman–Crippen LogP) is 2.92. The molecule has 0 bridgehead atoms. The van der Waals surface area contributed by atoms with Crippen LogP contribution in [0.25, 0.3) is 16.5 Å². The topological polar surface area (TPSA) is 66.6 Å². The first-order valence-corrected chi connectivity index (χ1v) is 9.10. The van der Waals surface area contributed by atoms with Crippen molar-refractivity contribution < 1.29 is 14.0 Å². The smallest absolute Gasteiger partial charge is 0.399 e. The molecule has 1 aromatic heterocycles. The van der Waals surface area contributed by atoms with Crippen LogP contribution in [-0.2, 0) is 14.0 Å². The van der Waals surface area contributed by atoms with Gasteiger partial charge in [-0.3, -0.25) is 0 Å². The lowest BCUT2D eigenvalue weighted by Gasteiger charge is -2.32. The van der Waals surface area contributed by atoms with E-state index < -0.39 is 0 Å². The Balaban J connectivity index is 1.73. The maximum atomic E-state index is 6.21. The molecule has 2 aromatic rings. The maximum Gasteiger partial charge on any atom is 0.494 e. The second-order valence-corrected chi connectivity index (χ2v) is 8.02. The molecule has 4 rings (SSSR count). The molecule has 0 radical (unpaired) electrons. The minimum atomic E-state index is -0.382. The van der Waals surface area contributed by atoms with Crippen LogP contribution in [0.1, 0.15) is 39.7 Å². The molecule has 0 unspecified atom stereocenters. The molecule has 0 aliphatic carbocycles. The molecule has 0 spiro atoms. The number of nitrogen functional groups attached to an aromatic ring is 1. The van der Waals surface area contributed by atoms with Crippen LogP contribution < -0.4 is 11.2 Å². The monoisotopic (exact) mass is 352 g/mol. The van der Waals surface area contributed by atoms with Crippen LogP contribution in [0.15, 0.2) is 30.3 Å². The van der Waals surface area contributed by atoms with Crippen LogP contribution in [0.3, 0.4) is 0 Å². The second-order valence-electron chi connectivity index (χ2n) is 8.02. The van der Waals surface area contributed by atoms with Crippen LogP contribution in [0, 0.1) is 0 Å². The van der Waals surface area contributed by atoms with Crippen LogP contribution in [-0.4, -0.2) is 36.5 Å². The minimum absolute atomic E-state index is 0.357. The minimum Gasteiger partial charge on any atom is -0.399 e. The van der Waals surface area contributed by atoms with Crippen molar-refractivity contribution in [2.75, 3.05) is 18.9 Å². The Hall–Kier alpha value is -1.89. The molecule has 136 valence electrons. The summed E-state index contributed by atoms with van der Waals surface area (Å²) in [5, 5.41) is 1.04. The van der Waals surface area contributed by atoms with Gasteiger partial charge < -0.3 is 19.8 Å². The summed E-state index contributed by atoms with van der Waals surface area (Å²) in [5.74, 6) is 0.564. The third-order valence-electron chi connectivity index (χ3n) is 5.70. The highest BCUT2D eigenvalue weighted by Gasteiger charge is 2.51. The first-order valence-electron chi connectivity index (χ1n) is 9.10. The van der Waals surface area contributed by atoms with Crippen molar-refractivity contribution in [3.05, 3.63) is 35.9 Å². The first-order chi connectivity index (χ1) is 12.3. The zero-order valence-electron chi connectivity index (χ0n) is 15.8. The lowest BCUT2D eigenvalue weighted by atomic mass is 9.78. The summed E-state index contributed by atoms with van der Waals surface area (Å²) in [4.78, 5) is 4.59. The SMILES string of the molecule is CC1(C)OB(c2ccc3nc(N)c(C4=CCOCC4)cc3c2)OC1(C)C. The summed E-state index contributed by atoms with van der Waals surface area (Å²) < 4.78 is 17.8. The van der Waals surface area contributed by atoms with E-state index >= 15 is 0 Å². The summed E-state index contributed by atoms with van der Waals surface area (Å²) in [6, 6.07) is 8.19. The zero-order valence-corrected chi connectivity index (χ0v) is 15.8. The molecule has 5 nitrogen and oxygen atoms in total. The fraction of sp³-hybridized carbons (Fsp3) is 0.450. The fourth-order valence-corrected chi connectivity index (χ4v) is 3.36. The maximum absolute atomic E-state index is 6.21. The molecule has 1 aromatic carbocycles. The average molecular weight is 352 g/mol. The molecule has 0 saturated carbocycles. The lowest BCUT2D eigenvalue weighted by Crippen LogP contribution is -2.41. The number of benzene rings is 1. The van der Waals surface area contributed by atoms with Crippen LogP contribution in [0.5, 0.6) is 0 Å². The van der Waals surface area contributed by atoms with Gasteiger partial charge in [0, 0.05) is 10.9 Å². The molecule has 0 amide bonds. The van der Waals surface area contributed by atoms with Crippen molar-refractivity contribution >= 4 is 34.9 Å². The van der Waals surface area contributed by atoms with E-state index in [0.29, 0.717) is 12.4 Å². The molecule has 26 heavy (non-hydrogen) atoms. The van der Waals surface area contributed by atoms with Crippen molar-refractivity contribution in [3.8, 4) is 0 Å². The lowest BCUT2D eigenvalue weighted by molar-refractivity contribution is 0.00578. The molecule has 2 aliphatic heterocycles. The first kappa shape index (κ1) is 17.5. The number of nitrogens with two attached hydrogens (primary N) is 1. The zero-order chi connectivity index (χ0) is 18.5. The van der Waals surface area contributed by atoms with E-state index in [-0.39, 0.29) is 18.3 Å². The van der Waals surface area contributed by atoms with Gasteiger partial charge in [0.1, 0.15) is 5.82 Å². The summed E-state index contributed by atoms with van der Waals surface area (Å²) in [6.45, 7) is 9.59. The Morgan fingerprint density at radius 3 is 2.46 bits per heavy atom. The second kappa shape index (κ2) is 6.08. The number of hydrogen-bond acceptors (Lipinski definition) is 5. The van der Waals surface area contributed by atoms with Crippen molar-refractivity contribution in [2.24, 2.45) is 0 Å². The summed E-state index contributed by atoms with van der Waals surface area (Å²) in [5.41, 5.74) is 9.55. The molecule has 6 heteroatoms. The van der Waals surface area contributed by atoms with E-state index in [1.165, 1.54) is 5.57 Å². The summed E-state index contributed by atoms with van der Waals surface area (Å²) >= 11 is 0. The van der Waals surface area contributed by atoms with Crippen molar-refractivity contribution in [1.82, 2.24) is 4.98 Å². The Morgan fingerprint density at radius 1 is 1.08 bits per heavy atom. The summed E-state index contributed by atoms with van der Waals surface area (Å²) in [7, 11) is -0.382. The van der Waals surface area contributed by atoms with Gasteiger partial charge in [-0.25, -0.2) is 4.98 Å². The highest BCUT2D eigenvalue weighted by atomic mass is 16.7. The molecule has 2 N–H and O–H groups in total. The highest BCUT2D eigenvalue weighted by Crippen LogP contribution is 2.36. The number of nitrogens with zero attached hydrogens (tertiary/aromatic N) is 1. The van der Waals surface area contributed by atoms with E-state index in [1.807, 2.05) is 12.1 Å². The number of pyridine rings is 1. The molecule has 1 saturated heterocycles. The number of anilines is 1. The Morgan fingerprint density at radius 2 is 1.81 bits per heavy atom. The van der Waals surface area contributed by atoms with E-state index in [2.05, 4.69) is 50.9 Å². The number of rotatable bonds is 2. The fourth-order valence-electron chi connectivity index (χ4n) is 3.36. The van der Waals surface area contributed by atoms with E-state index in [9.17, 15) is 0 Å². The van der Waals surface area contributed by atoms with E-state index in [4.69, 9.17) is 19.8 Å². The van der Waals surface area contributed by atoms with Gasteiger partial charge in [0.2, 0.25) is 0 Å². The molecule has 1 fully saturated rings. The molecule has 3 heterocycles. The van der Waals surface area contributed by atoms with Gasteiger partial charge in [-0.2, -0.15) is 0 Å². The van der Waals surface area contributed by atoms with Gasteiger partial charge in [0.25, 0.3) is 0 Å². The van der Waals surface area contributed by atoms with E-state index in [0.717, 1.165) is 35.0 Å². The van der Waals surface area contributed by atoms with Crippen molar-refractivity contribution in [2.45, 2.75) is 45.3 Å². The highest BCUT2D eigenvalue weighted by molar-refractivity contribution is 6.62. The van der Waals surface area contributed by atoms with Crippen molar-refractivity contribution in [1.29, 1.82) is 0 Å². The van der Waals surface area contributed by atoms with Crippen LogP contribution in [0.2, 0.25) is 0 Å². The van der Waals surface area contributed by atoms with Gasteiger partial charge in [-0.15, -0.1) is 0 Å². The standard InChI is InChI=1S/C20H25BN2O3/c1-19(2)20(3,4)26-21(25-19)15-5-6-17-14(11-15)12-16(18(22)23-17)13-7-9-24-10-8-13/h5-7,11-12H,8-10H2,1-4H3,(H2,22,23). The normalized spacial score (nSPS) is 21.8. The van der Waals surface area contributed by atoms with Crippen LogP contribution >= 0.6 is 0 Å². The number of aromatic nitrogens is 1. The Bertz CT molecular complexity index is 876. The van der Waals surface area contributed by atoms with Gasteiger partial charge >= 0.3 is 7.12 Å².